The summed E-state index contributed by atoms with van der Waals surface area (Å²) in [6, 6.07) is 2.21. The normalized spacial score (nSPS) is 12.8. The molecule has 3 nitrogen and oxygen atoms in total. The average Bonchev–Trinajstić information content (AvgIpc) is 2.12. The van der Waals surface area contributed by atoms with Crippen LogP contribution in [-0.4, -0.2) is 38.3 Å². The minimum atomic E-state index is 0.108. The second-order valence-corrected chi connectivity index (χ2v) is 3.40. The van der Waals surface area contributed by atoms with Crippen LogP contribution >= 0.6 is 0 Å². The molecule has 0 aromatic heterocycles. The third kappa shape index (κ3) is 7.76. The summed E-state index contributed by atoms with van der Waals surface area (Å²) in [7, 11) is 2.02. The Morgan fingerprint density at radius 2 is 2.15 bits per heavy atom. The Labute approximate surface area is 81.3 Å². The monoisotopic (exact) mass is 184 g/mol. The topological polar surface area (TPSA) is 36.3 Å². The molecule has 1 atom stereocenters. The van der Waals surface area contributed by atoms with Crippen molar-refractivity contribution >= 4 is 0 Å². The van der Waals surface area contributed by atoms with Crippen molar-refractivity contribution in [3.63, 3.8) is 0 Å². The van der Waals surface area contributed by atoms with Gasteiger partial charge >= 0.3 is 0 Å². The Bertz CT molecular complexity index is 153. The van der Waals surface area contributed by atoms with Gasteiger partial charge in [0.15, 0.2) is 0 Å². The van der Waals surface area contributed by atoms with Crippen LogP contribution in [0.4, 0.5) is 0 Å². The molecule has 0 aliphatic rings. The quantitative estimate of drug-likeness (QED) is 0.563. The lowest BCUT2D eigenvalue weighted by atomic mass is 10.2. The number of hydrogen-bond acceptors (Lipinski definition) is 3. The molecular weight excluding hydrogens is 164 g/mol. The zero-order chi connectivity index (χ0) is 10.1. The molecule has 0 amide bonds. The van der Waals surface area contributed by atoms with Gasteiger partial charge < -0.3 is 9.64 Å². The van der Waals surface area contributed by atoms with Crippen molar-refractivity contribution in [2.75, 3.05) is 33.4 Å². The minimum absolute atomic E-state index is 0.108. The molecule has 13 heavy (non-hydrogen) atoms. The minimum Gasteiger partial charge on any atom is -0.380 e. The first kappa shape index (κ1) is 12.4. The molecule has 3 heteroatoms. The lowest BCUT2D eigenvalue weighted by Crippen LogP contribution is -2.27. The fraction of sp³-hybridized carbons (Fsp3) is 0.900. The first-order chi connectivity index (χ1) is 6.20. The second-order valence-electron chi connectivity index (χ2n) is 3.40. The summed E-state index contributed by atoms with van der Waals surface area (Å²) < 4.78 is 5.34. The Balaban J connectivity index is 3.30. The van der Waals surface area contributed by atoms with E-state index < -0.39 is 0 Å². The van der Waals surface area contributed by atoms with Gasteiger partial charge in [-0.25, -0.2) is 0 Å². The van der Waals surface area contributed by atoms with Gasteiger partial charge in [0, 0.05) is 19.7 Å². The van der Waals surface area contributed by atoms with Crippen molar-refractivity contribution in [2.45, 2.75) is 20.3 Å². The predicted molar refractivity (Wildman–Crippen MR) is 53.4 cm³/mol. The number of ether oxygens (including phenoxy) is 1. The van der Waals surface area contributed by atoms with Crippen LogP contribution in [0.2, 0.25) is 0 Å². The summed E-state index contributed by atoms with van der Waals surface area (Å²) in [6.45, 7) is 7.37. The van der Waals surface area contributed by atoms with E-state index in [0.717, 1.165) is 32.7 Å². The molecule has 0 radical (unpaired) electrons. The van der Waals surface area contributed by atoms with E-state index >= 15 is 0 Å². The highest BCUT2D eigenvalue weighted by Crippen LogP contribution is 1.95. The van der Waals surface area contributed by atoms with E-state index in [2.05, 4.69) is 17.9 Å². The number of hydrogen-bond donors (Lipinski definition) is 0. The summed E-state index contributed by atoms with van der Waals surface area (Å²) in [5.41, 5.74) is 0. The molecule has 0 saturated heterocycles. The van der Waals surface area contributed by atoms with Crippen molar-refractivity contribution in [1.29, 1.82) is 5.26 Å². The number of nitrogens with zero attached hydrogens (tertiary/aromatic N) is 2. The van der Waals surface area contributed by atoms with Gasteiger partial charge in [-0.2, -0.15) is 5.26 Å². The molecule has 0 fully saturated rings. The lowest BCUT2D eigenvalue weighted by molar-refractivity contribution is 0.110. The molecule has 0 heterocycles. The molecule has 0 rings (SSSR count). The fourth-order valence-electron chi connectivity index (χ4n) is 1.07. The van der Waals surface area contributed by atoms with Crippen LogP contribution in [0.15, 0.2) is 0 Å². The number of rotatable bonds is 7. The maximum atomic E-state index is 8.59. The van der Waals surface area contributed by atoms with Crippen molar-refractivity contribution < 1.29 is 4.74 Å². The van der Waals surface area contributed by atoms with Gasteiger partial charge in [-0.05, 0) is 20.4 Å². The van der Waals surface area contributed by atoms with Crippen LogP contribution < -0.4 is 0 Å². The van der Waals surface area contributed by atoms with Crippen LogP contribution in [0, 0.1) is 17.2 Å². The van der Waals surface area contributed by atoms with Crippen LogP contribution in [0.5, 0.6) is 0 Å². The number of likely N-dealkylation sites (N-methyl/N-ethyl adjacent to an activating group) is 1. The third-order valence-corrected chi connectivity index (χ3v) is 1.77. The molecule has 0 aromatic carbocycles. The molecule has 1 unspecified atom stereocenters. The maximum absolute atomic E-state index is 8.59. The van der Waals surface area contributed by atoms with Crippen molar-refractivity contribution in [3.8, 4) is 6.07 Å². The van der Waals surface area contributed by atoms with E-state index in [9.17, 15) is 0 Å². The number of nitriles is 1. The zero-order valence-electron chi connectivity index (χ0n) is 8.92. The van der Waals surface area contributed by atoms with Crippen LogP contribution in [-0.2, 0) is 4.74 Å². The van der Waals surface area contributed by atoms with Gasteiger partial charge in [0.05, 0.1) is 18.6 Å². The van der Waals surface area contributed by atoms with E-state index in [4.69, 9.17) is 10.00 Å². The standard InChI is InChI=1S/C10H20N2O/c1-4-6-13-7-5-12(3)9-10(2)8-11/h10H,4-7,9H2,1-3H3. The van der Waals surface area contributed by atoms with Crippen molar-refractivity contribution in [1.82, 2.24) is 4.90 Å². The Hall–Kier alpha value is -0.590. The van der Waals surface area contributed by atoms with Crippen LogP contribution in [0.25, 0.3) is 0 Å². The highest BCUT2D eigenvalue weighted by molar-refractivity contribution is 4.80. The van der Waals surface area contributed by atoms with Crippen LogP contribution in [0.1, 0.15) is 20.3 Å². The molecule has 0 spiro atoms. The highest BCUT2D eigenvalue weighted by Gasteiger charge is 2.03. The summed E-state index contributed by atoms with van der Waals surface area (Å²) in [5, 5.41) is 8.59. The van der Waals surface area contributed by atoms with Gasteiger partial charge in [-0.15, -0.1) is 0 Å². The second kappa shape index (κ2) is 8.03. The SMILES string of the molecule is CCCOCCN(C)CC(C)C#N. The smallest absolute Gasteiger partial charge is 0.0666 e. The van der Waals surface area contributed by atoms with E-state index in [1.54, 1.807) is 0 Å². The Kier molecular flexibility index (Phi) is 7.66. The molecular formula is C10H20N2O. The Morgan fingerprint density at radius 1 is 1.46 bits per heavy atom. The van der Waals surface area contributed by atoms with E-state index in [1.165, 1.54) is 0 Å². The van der Waals surface area contributed by atoms with Gasteiger partial charge in [0.2, 0.25) is 0 Å². The van der Waals surface area contributed by atoms with E-state index in [0.29, 0.717) is 0 Å². The van der Waals surface area contributed by atoms with Crippen molar-refractivity contribution in [2.24, 2.45) is 5.92 Å². The molecule has 0 bridgehead atoms. The molecule has 76 valence electrons. The van der Waals surface area contributed by atoms with E-state index in [1.807, 2.05) is 14.0 Å². The molecule has 0 aliphatic heterocycles. The lowest BCUT2D eigenvalue weighted by Gasteiger charge is -2.17. The maximum Gasteiger partial charge on any atom is 0.0666 e. The first-order valence-electron chi connectivity index (χ1n) is 4.86. The fourth-order valence-corrected chi connectivity index (χ4v) is 1.07. The van der Waals surface area contributed by atoms with Crippen LogP contribution in [0.3, 0.4) is 0 Å². The molecule has 0 N–H and O–H groups in total. The Morgan fingerprint density at radius 3 is 2.69 bits per heavy atom. The van der Waals surface area contributed by atoms with Gasteiger partial charge in [-0.3, -0.25) is 0 Å². The zero-order valence-corrected chi connectivity index (χ0v) is 8.92. The molecule has 0 aromatic rings. The molecule has 0 aliphatic carbocycles. The van der Waals surface area contributed by atoms with Gasteiger partial charge in [0.1, 0.15) is 0 Å². The van der Waals surface area contributed by atoms with Gasteiger partial charge in [0.25, 0.3) is 0 Å². The van der Waals surface area contributed by atoms with E-state index in [-0.39, 0.29) is 5.92 Å². The summed E-state index contributed by atoms with van der Waals surface area (Å²) >= 11 is 0. The molecule has 0 saturated carbocycles. The first-order valence-corrected chi connectivity index (χ1v) is 4.86. The third-order valence-electron chi connectivity index (χ3n) is 1.77. The predicted octanol–water partition coefficient (Wildman–Crippen LogP) is 1.50. The summed E-state index contributed by atoms with van der Waals surface area (Å²) in [6.07, 6.45) is 1.07. The van der Waals surface area contributed by atoms with Crippen molar-refractivity contribution in [3.05, 3.63) is 0 Å². The van der Waals surface area contributed by atoms with Gasteiger partial charge in [-0.1, -0.05) is 6.92 Å². The largest absolute Gasteiger partial charge is 0.380 e. The summed E-state index contributed by atoms with van der Waals surface area (Å²) in [5.74, 6) is 0.108. The highest BCUT2D eigenvalue weighted by atomic mass is 16.5. The average molecular weight is 184 g/mol. The summed E-state index contributed by atoms with van der Waals surface area (Å²) in [4.78, 5) is 2.13.